The Balaban J connectivity index is 1.98. The molecule has 0 radical (unpaired) electrons. The van der Waals surface area contributed by atoms with Crippen LogP contribution in [-0.2, 0) is 6.42 Å². The molecule has 0 aliphatic rings. The summed E-state index contributed by atoms with van der Waals surface area (Å²) in [7, 11) is 0. The van der Waals surface area contributed by atoms with Crippen molar-refractivity contribution in [3.63, 3.8) is 0 Å². The molecule has 0 aliphatic heterocycles. The number of ether oxygens (including phenoxy) is 1. The smallest absolute Gasteiger partial charge is 0.126 e. The molecular weight excluding hydrogens is 308 g/mol. The van der Waals surface area contributed by atoms with Gasteiger partial charge in [0, 0.05) is 6.07 Å². The second kappa shape index (κ2) is 15.1. The van der Waals surface area contributed by atoms with Crippen LogP contribution in [0.2, 0.25) is 0 Å². The van der Waals surface area contributed by atoms with E-state index in [0.29, 0.717) is 5.75 Å². The standard InChI is InChI=1S/C23H40O2/c1-3-5-6-7-8-9-10-11-12-13-14-15-19-25-23-20-22(24)18-17-21(23)16-4-2/h17-18,20,24H,3-16,19H2,1-2H3. The summed E-state index contributed by atoms with van der Waals surface area (Å²) in [6.07, 6.45) is 18.4. The van der Waals surface area contributed by atoms with E-state index in [9.17, 15) is 5.11 Å². The lowest BCUT2D eigenvalue weighted by Crippen LogP contribution is -2.00. The maximum Gasteiger partial charge on any atom is 0.126 e. The monoisotopic (exact) mass is 348 g/mol. The molecule has 144 valence electrons. The van der Waals surface area contributed by atoms with Crippen LogP contribution >= 0.6 is 0 Å². The van der Waals surface area contributed by atoms with Gasteiger partial charge in [-0.2, -0.15) is 0 Å². The summed E-state index contributed by atoms with van der Waals surface area (Å²) in [5, 5.41) is 9.63. The summed E-state index contributed by atoms with van der Waals surface area (Å²) >= 11 is 0. The molecular formula is C23H40O2. The van der Waals surface area contributed by atoms with E-state index in [1.165, 1.54) is 76.2 Å². The third-order valence-corrected chi connectivity index (χ3v) is 4.83. The van der Waals surface area contributed by atoms with Gasteiger partial charge in [0.2, 0.25) is 0 Å². The number of hydrogen-bond acceptors (Lipinski definition) is 2. The summed E-state index contributed by atoms with van der Waals surface area (Å²) in [6.45, 7) is 5.21. The Hall–Kier alpha value is -1.18. The fraction of sp³-hybridized carbons (Fsp3) is 0.739. The first-order chi connectivity index (χ1) is 12.3. The van der Waals surface area contributed by atoms with Gasteiger partial charge in [-0.3, -0.25) is 0 Å². The normalized spacial score (nSPS) is 11.0. The quantitative estimate of drug-likeness (QED) is 0.315. The van der Waals surface area contributed by atoms with E-state index in [2.05, 4.69) is 13.8 Å². The highest BCUT2D eigenvalue weighted by Gasteiger charge is 2.04. The van der Waals surface area contributed by atoms with E-state index in [-0.39, 0.29) is 0 Å². The minimum Gasteiger partial charge on any atom is -0.508 e. The minimum absolute atomic E-state index is 0.296. The Labute approximate surface area is 156 Å². The number of rotatable bonds is 16. The highest BCUT2D eigenvalue weighted by molar-refractivity contribution is 5.40. The second-order valence-electron chi connectivity index (χ2n) is 7.28. The lowest BCUT2D eigenvalue weighted by atomic mass is 10.1. The molecule has 1 rings (SSSR count). The van der Waals surface area contributed by atoms with Gasteiger partial charge in [-0.15, -0.1) is 0 Å². The van der Waals surface area contributed by atoms with E-state index in [0.717, 1.165) is 31.6 Å². The number of benzene rings is 1. The van der Waals surface area contributed by atoms with Gasteiger partial charge in [0.25, 0.3) is 0 Å². The maximum absolute atomic E-state index is 9.63. The molecule has 0 saturated heterocycles. The predicted octanol–water partition coefficient (Wildman–Crippen LogP) is 7.42. The van der Waals surface area contributed by atoms with Crippen LogP contribution in [0.1, 0.15) is 103 Å². The number of unbranched alkanes of at least 4 members (excludes halogenated alkanes) is 11. The average Bonchev–Trinajstić information content (AvgIpc) is 2.61. The SMILES string of the molecule is CCCCCCCCCCCCCCOc1cc(O)ccc1CCC. The van der Waals surface area contributed by atoms with Crippen molar-refractivity contribution >= 4 is 0 Å². The molecule has 0 unspecified atom stereocenters. The van der Waals surface area contributed by atoms with Crippen LogP contribution in [0.4, 0.5) is 0 Å². The van der Waals surface area contributed by atoms with Crippen molar-refractivity contribution in [3.05, 3.63) is 23.8 Å². The molecule has 2 nitrogen and oxygen atoms in total. The molecule has 0 aliphatic carbocycles. The van der Waals surface area contributed by atoms with Gasteiger partial charge < -0.3 is 9.84 Å². The Kier molecular flexibility index (Phi) is 13.2. The van der Waals surface area contributed by atoms with Crippen molar-refractivity contribution in [1.29, 1.82) is 0 Å². The molecule has 0 aromatic heterocycles. The molecule has 0 heterocycles. The van der Waals surface area contributed by atoms with Crippen LogP contribution < -0.4 is 4.74 Å². The minimum atomic E-state index is 0.296. The van der Waals surface area contributed by atoms with Crippen LogP contribution in [0, 0.1) is 0 Å². The highest BCUT2D eigenvalue weighted by Crippen LogP contribution is 2.25. The topological polar surface area (TPSA) is 29.5 Å². The van der Waals surface area contributed by atoms with Gasteiger partial charge >= 0.3 is 0 Å². The number of phenols is 1. The van der Waals surface area contributed by atoms with Crippen molar-refractivity contribution in [2.45, 2.75) is 104 Å². The first-order valence-electron chi connectivity index (χ1n) is 10.7. The molecule has 0 fully saturated rings. The Morgan fingerprint density at radius 3 is 1.84 bits per heavy atom. The lowest BCUT2D eigenvalue weighted by molar-refractivity contribution is 0.299. The van der Waals surface area contributed by atoms with E-state index >= 15 is 0 Å². The van der Waals surface area contributed by atoms with Crippen molar-refractivity contribution < 1.29 is 9.84 Å². The fourth-order valence-corrected chi connectivity index (χ4v) is 3.28. The van der Waals surface area contributed by atoms with Crippen molar-refractivity contribution in [2.24, 2.45) is 0 Å². The van der Waals surface area contributed by atoms with Crippen LogP contribution in [0.25, 0.3) is 0 Å². The van der Waals surface area contributed by atoms with Crippen LogP contribution in [-0.4, -0.2) is 11.7 Å². The average molecular weight is 349 g/mol. The molecule has 1 aromatic rings. The zero-order valence-electron chi connectivity index (χ0n) is 16.7. The second-order valence-corrected chi connectivity index (χ2v) is 7.28. The Bertz CT molecular complexity index is 428. The molecule has 2 heteroatoms. The fourth-order valence-electron chi connectivity index (χ4n) is 3.28. The highest BCUT2D eigenvalue weighted by atomic mass is 16.5. The number of phenolic OH excluding ortho intramolecular Hbond substituents is 1. The largest absolute Gasteiger partial charge is 0.508 e. The molecule has 0 atom stereocenters. The summed E-state index contributed by atoms with van der Waals surface area (Å²) in [5.41, 5.74) is 1.21. The van der Waals surface area contributed by atoms with Crippen LogP contribution in [0.3, 0.4) is 0 Å². The summed E-state index contributed by atoms with van der Waals surface area (Å²) in [4.78, 5) is 0. The van der Waals surface area contributed by atoms with Crippen molar-refractivity contribution in [2.75, 3.05) is 6.61 Å². The first kappa shape index (κ1) is 21.9. The summed E-state index contributed by atoms with van der Waals surface area (Å²) in [6, 6.07) is 5.49. The van der Waals surface area contributed by atoms with Gasteiger partial charge in [0.1, 0.15) is 11.5 Å². The molecule has 0 saturated carbocycles. The molecule has 0 spiro atoms. The third-order valence-electron chi connectivity index (χ3n) is 4.83. The third kappa shape index (κ3) is 11.1. The van der Waals surface area contributed by atoms with E-state index in [1.54, 1.807) is 12.1 Å². The predicted molar refractivity (Wildman–Crippen MR) is 109 cm³/mol. The van der Waals surface area contributed by atoms with Crippen LogP contribution in [0.5, 0.6) is 11.5 Å². The Morgan fingerprint density at radius 2 is 1.28 bits per heavy atom. The molecule has 1 N–H and O–H groups in total. The van der Waals surface area contributed by atoms with Crippen molar-refractivity contribution in [1.82, 2.24) is 0 Å². The zero-order valence-corrected chi connectivity index (χ0v) is 16.7. The lowest BCUT2D eigenvalue weighted by Gasteiger charge is -2.11. The Morgan fingerprint density at radius 1 is 0.720 bits per heavy atom. The van der Waals surface area contributed by atoms with Crippen molar-refractivity contribution in [3.8, 4) is 11.5 Å². The van der Waals surface area contributed by atoms with E-state index in [4.69, 9.17) is 4.74 Å². The van der Waals surface area contributed by atoms with E-state index in [1.807, 2.05) is 6.07 Å². The van der Waals surface area contributed by atoms with Crippen LogP contribution in [0.15, 0.2) is 18.2 Å². The van der Waals surface area contributed by atoms with Gasteiger partial charge in [0.05, 0.1) is 6.61 Å². The van der Waals surface area contributed by atoms with Gasteiger partial charge in [-0.25, -0.2) is 0 Å². The molecule has 0 bridgehead atoms. The van der Waals surface area contributed by atoms with E-state index < -0.39 is 0 Å². The summed E-state index contributed by atoms with van der Waals surface area (Å²) in [5.74, 6) is 1.16. The van der Waals surface area contributed by atoms with Gasteiger partial charge in [-0.1, -0.05) is 97.0 Å². The first-order valence-corrected chi connectivity index (χ1v) is 10.7. The molecule has 1 aromatic carbocycles. The zero-order chi connectivity index (χ0) is 18.2. The van der Waals surface area contributed by atoms with Gasteiger partial charge in [-0.05, 0) is 24.5 Å². The molecule has 25 heavy (non-hydrogen) atoms. The molecule has 0 amide bonds. The summed E-state index contributed by atoms with van der Waals surface area (Å²) < 4.78 is 5.90. The maximum atomic E-state index is 9.63. The number of aryl methyl sites for hydroxylation is 1. The number of hydrogen-bond donors (Lipinski definition) is 1. The number of aromatic hydroxyl groups is 1. The van der Waals surface area contributed by atoms with Gasteiger partial charge in [0.15, 0.2) is 0 Å².